The van der Waals surface area contributed by atoms with Gasteiger partial charge in [-0.3, -0.25) is 0 Å². The van der Waals surface area contributed by atoms with Gasteiger partial charge in [-0.05, 0) is 67.4 Å². The Morgan fingerprint density at radius 2 is 1.86 bits per heavy atom. The Bertz CT molecular complexity index is 215. The van der Waals surface area contributed by atoms with Crippen LogP contribution >= 0.6 is 12.6 Å². The minimum atomic E-state index is 0.793. The third-order valence-corrected chi connectivity index (χ3v) is 5.77. The van der Waals surface area contributed by atoms with Crippen LogP contribution in [0, 0.1) is 23.2 Å². The van der Waals surface area contributed by atoms with Crippen molar-refractivity contribution in [1.82, 2.24) is 0 Å². The van der Waals surface area contributed by atoms with Crippen molar-refractivity contribution in [3.05, 3.63) is 0 Å². The van der Waals surface area contributed by atoms with Crippen LogP contribution in [-0.4, -0.2) is 5.75 Å². The molecule has 0 bridgehead atoms. The average Bonchev–Trinajstić information content (AvgIpc) is 3.00. The first kappa shape index (κ1) is 9.57. The molecule has 3 aliphatic rings. The Morgan fingerprint density at radius 3 is 2.43 bits per heavy atom. The maximum absolute atomic E-state index is 4.59. The highest BCUT2D eigenvalue weighted by Gasteiger charge is 2.56. The van der Waals surface area contributed by atoms with Gasteiger partial charge in [-0.1, -0.05) is 12.8 Å². The molecule has 0 nitrogen and oxygen atoms in total. The lowest BCUT2D eigenvalue weighted by molar-refractivity contribution is -0.0658. The molecule has 3 unspecified atom stereocenters. The van der Waals surface area contributed by atoms with Gasteiger partial charge in [0.15, 0.2) is 0 Å². The average molecular weight is 210 g/mol. The fourth-order valence-electron chi connectivity index (χ4n) is 4.31. The first-order valence-electron chi connectivity index (χ1n) is 6.48. The summed E-state index contributed by atoms with van der Waals surface area (Å²) in [5, 5.41) is 0. The Morgan fingerprint density at radius 1 is 1.00 bits per heavy atom. The monoisotopic (exact) mass is 210 g/mol. The molecule has 0 aliphatic heterocycles. The van der Waals surface area contributed by atoms with Gasteiger partial charge in [0.1, 0.15) is 0 Å². The predicted molar refractivity (Wildman–Crippen MR) is 63.7 cm³/mol. The van der Waals surface area contributed by atoms with Gasteiger partial charge in [0.05, 0.1) is 0 Å². The smallest absolute Gasteiger partial charge is 0.00641 e. The maximum atomic E-state index is 4.59. The van der Waals surface area contributed by atoms with E-state index >= 15 is 0 Å². The standard InChI is InChI=1S/C13H22S/c14-9-11-3-1-2-7-13(11)8-6-12(13)10-4-5-10/h10-12,14H,1-9H2. The third kappa shape index (κ3) is 1.27. The van der Waals surface area contributed by atoms with E-state index in [9.17, 15) is 0 Å². The van der Waals surface area contributed by atoms with E-state index in [0.717, 1.165) is 28.9 Å². The lowest BCUT2D eigenvalue weighted by Crippen LogP contribution is -2.49. The van der Waals surface area contributed by atoms with Gasteiger partial charge in [0, 0.05) is 0 Å². The first-order valence-corrected chi connectivity index (χ1v) is 7.11. The van der Waals surface area contributed by atoms with Crippen molar-refractivity contribution < 1.29 is 0 Å². The molecule has 80 valence electrons. The molecule has 0 aromatic rings. The number of hydrogen-bond acceptors (Lipinski definition) is 1. The molecule has 0 radical (unpaired) electrons. The first-order chi connectivity index (χ1) is 6.87. The van der Waals surface area contributed by atoms with Crippen molar-refractivity contribution in [2.24, 2.45) is 23.2 Å². The fourth-order valence-corrected chi connectivity index (χ4v) is 4.86. The summed E-state index contributed by atoms with van der Waals surface area (Å²) in [6.45, 7) is 0. The quantitative estimate of drug-likeness (QED) is 0.656. The molecular weight excluding hydrogens is 188 g/mol. The molecule has 3 rings (SSSR count). The zero-order chi connectivity index (χ0) is 9.60. The van der Waals surface area contributed by atoms with E-state index in [1.165, 1.54) is 19.3 Å². The van der Waals surface area contributed by atoms with E-state index in [0.29, 0.717) is 0 Å². The van der Waals surface area contributed by atoms with Crippen LogP contribution in [0.2, 0.25) is 0 Å². The predicted octanol–water partition coefficient (Wildman–Crippen LogP) is 3.91. The Balaban J connectivity index is 1.77. The summed E-state index contributed by atoms with van der Waals surface area (Å²) in [5.74, 6) is 4.39. The summed E-state index contributed by atoms with van der Waals surface area (Å²) in [6.07, 6.45) is 12.2. The summed E-state index contributed by atoms with van der Waals surface area (Å²) in [6, 6.07) is 0. The molecule has 3 atom stereocenters. The van der Waals surface area contributed by atoms with Crippen LogP contribution < -0.4 is 0 Å². The minimum Gasteiger partial charge on any atom is -0.179 e. The van der Waals surface area contributed by atoms with Gasteiger partial charge in [0.2, 0.25) is 0 Å². The summed E-state index contributed by atoms with van der Waals surface area (Å²) >= 11 is 4.59. The summed E-state index contributed by atoms with van der Waals surface area (Å²) in [5.41, 5.74) is 0.793. The van der Waals surface area contributed by atoms with Gasteiger partial charge in [-0.2, -0.15) is 12.6 Å². The largest absolute Gasteiger partial charge is 0.179 e. The highest BCUT2D eigenvalue weighted by atomic mass is 32.1. The summed E-state index contributed by atoms with van der Waals surface area (Å²) < 4.78 is 0. The molecule has 0 heterocycles. The van der Waals surface area contributed by atoms with E-state index in [1.807, 2.05) is 0 Å². The molecule has 3 fully saturated rings. The second-order valence-corrected chi connectivity index (χ2v) is 6.21. The summed E-state index contributed by atoms with van der Waals surface area (Å²) in [7, 11) is 0. The molecule has 0 aromatic heterocycles. The van der Waals surface area contributed by atoms with Crippen LogP contribution in [0.5, 0.6) is 0 Å². The van der Waals surface area contributed by atoms with Crippen molar-refractivity contribution in [3.8, 4) is 0 Å². The van der Waals surface area contributed by atoms with Crippen LogP contribution in [0.25, 0.3) is 0 Å². The molecule has 0 aromatic carbocycles. The number of rotatable bonds is 2. The van der Waals surface area contributed by atoms with Gasteiger partial charge in [-0.15, -0.1) is 0 Å². The van der Waals surface area contributed by atoms with Crippen molar-refractivity contribution in [2.75, 3.05) is 5.75 Å². The van der Waals surface area contributed by atoms with Crippen LogP contribution in [0.1, 0.15) is 51.4 Å². The summed E-state index contributed by atoms with van der Waals surface area (Å²) in [4.78, 5) is 0. The Hall–Kier alpha value is 0.350. The number of hydrogen-bond donors (Lipinski definition) is 1. The lowest BCUT2D eigenvalue weighted by atomic mass is 9.48. The molecule has 1 spiro atoms. The second kappa shape index (κ2) is 3.43. The Labute approximate surface area is 93.3 Å². The van der Waals surface area contributed by atoms with Gasteiger partial charge < -0.3 is 0 Å². The highest BCUT2D eigenvalue weighted by molar-refractivity contribution is 7.80. The van der Waals surface area contributed by atoms with E-state index in [4.69, 9.17) is 0 Å². The second-order valence-electron chi connectivity index (χ2n) is 5.84. The fraction of sp³-hybridized carbons (Fsp3) is 1.00. The zero-order valence-electron chi connectivity index (χ0n) is 9.04. The van der Waals surface area contributed by atoms with Crippen molar-refractivity contribution >= 4 is 12.6 Å². The third-order valence-electron chi connectivity index (χ3n) is 5.33. The molecule has 0 N–H and O–H groups in total. The maximum Gasteiger partial charge on any atom is -0.00641 e. The van der Waals surface area contributed by atoms with E-state index in [-0.39, 0.29) is 0 Å². The molecule has 3 saturated carbocycles. The number of thiol groups is 1. The lowest BCUT2D eigenvalue weighted by Gasteiger charge is -2.57. The topological polar surface area (TPSA) is 0 Å². The molecular formula is C13H22S. The van der Waals surface area contributed by atoms with E-state index in [1.54, 1.807) is 32.1 Å². The van der Waals surface area contributed by atoms with Crippen LogP contribution in [0.15, 0.2) is 0 Å². The zero-order valence-corrected chi connectivity index (χ0v) is 9.94. The molecule has 1 heteroatoms. The van der Waals surface area contributed by atoms with E-state index in [2.05, 4.69) is 12.6 Å². The Kier molecular flexibility index (Phi) is 2.35. The molecule has 3 aliphatic carbocycles. The van der Waals surface area contributed by atoms with Crippen molar-refractivity contribution in [1.29, 1.82) is 0 Å². The highest BCUT2D eigenvalue weighted by Crippen LogP contribution is 2.65. The van der Waals surface area contributed by atoms with Crippen molar-refractivity contribution in [2.45, 2.75) is 51.4 Å². The normalized spacial score (nSPS) is 47.8. The SMILES string of the molecule is SCC1CCCCC12CCC2C1CC1. The van der Waals surface area contributed by atoms with Crippen LogP contribution in [0.3, 0.4) is 0 Å². The van der Waals surface area contributed by atoms with Gasteiger partial charge in [0.25, 0.3) is 0 Å². The molecule has 0 saturated heterocycles. The van der Waals surface area contributed by atoms with Crippen LogP contribution in [-0.2, 0) is 0 Å². The van der Waals surface area contributed by atoms with Gasteiger partial charge in [-0.25, -0.2) is 0 Å². The minimum absolute atomic E-state index is 0.793. The molecule has 14 heavy (non-hydrogen) atoms. The van der Waals surface area contributed by atoms with Gasteiger partial charge >= 0.3 is 0 Å². The molecule has 0 amide bonds. The van der Waals surface area contributed by atoms with E-state index < -0.39 is 0 Å². The van der Waals surface area contributed by atoms with Crippen molar-refractivity contribution in [3.63, 3.8) is 0 Å². The van der Waals surface area contributed by atoms with Crippen LogP contribution in [0.4, 0.5) is 0 Å².